The zero-order chi connectivity index (χ0) is 53.5. The molecule has 0 unspecified atom stereocenters. The maximum Gasteiger partial charge on any atom is 0.472 e. The number of aliphatic hydroxyl groups is 5. The van der Waals surface area contributed by atoms with Crippen LogP contribution in [0.2, 0.25) is 0 Å². The summed E-state index contributed by atoms with van der Waals surface area (Å²) in [4.78, 5) is 78.7. The summed E-state index contributed by atoms with van der Waals surface area (Å²) < 4.78 is 56.6. The third-order valence-electron chi connectivity index (χ3n) is 13.0. The van der Waals surface area contributed by atoms with Gasteiger partial charge < -0.3 is 74.7 Å². The molecule has 2 aliphatic heterocycles. The van der Waals surface area contributed by atoms with Gasteiger partial charge in [0.2, 0.25) is 11.8 Å². The van der Waals surface area contributed by atoms with E-state index in [2.05, 4.69) is 31.4 Å². The van der Waals surface area contributed by atoms with Crippen LogP contribution in [0.25, 0.3) is 0 Å². The fourth-order valence-corrected chi connectivity index (χ4v) is 10.0. The molecule has 2 saturated heterocycles. The lowest BCUT2D eigenvalue weighted by molar-refractivity contribution is -0.294. The molecule has 72 heavy (non-hydrogen) atoms. The van der Waals surface area contributed by atoms with Crippen LogP contribution < -0.4 is 10.6 Å². The summed E-state index contributed by atoms with van der Waals surface area (Å²) in [6.45, 7) is 4.57. The molecule has 2 fully saturated rings. The highest BCUT2D eigenvalue weighted by Crippen LogP contribution is 2.43. The number of hydrogen-bond acceptors (Lipinski definition) is 16. The Labute approximate surface area is 426 Å². The summed E-state index contributed by atoms with van der Waals surface area (Å²) in [5, 5.41) is 59.4. The van der Waals surface area contributed by atoms with Crippen molar-refractivity contribution in [1.82, 2.24) is 10.6 Å². The lowest BCUT2D eigenvalue weighted by Gasteiger charge is -2.45. The Morgan fingerprint density at radius 3 is 1.50 bits per heavy atom. The van der Waals surface area contributed by atoms with Crippen LogP contribution in [0.3, 0.4) is 0 Å². The minimum absolute atomic E-state index is 0.152. The molecule has 424 valence electrons. The maximum absolute atomic E-state index is 13.8. The molecule has 0 aromatic carbocycles. The summed E-state index contributed by atoms with van der Waals surface area (Å²) in [6.07, 6.45) is 5.73. The summed E-state index contributed by atoms with van der Waals surface area (Å²) in [5.41, 5.74) is 0. The van der Waals surface area contributed by atoms with Crippen LogP contribution in [-0.4, -0.2) is 150 Å². The van der Waals surface area contributed by atoms with E-state index in [1.54, 1.807) is 0 Å². The van der Waals surface area contributed by atoms with Crippen molar-refractivity contribution in [3.63, 3.8) is 0 Å². The van der Waals surface area contributed by atoms with E-state index < -0.39 is 133 Å². The van der Waals surface area contributed by atoms with Gasteiger partial charge in [0.15, 0.2) is 12.6 Å². The minimum atomic E-state index is -5.41. The van der Waals surface area contributed by atoms with Crippen molar-refractivity contribution < 1.29 is 96.6 Å². The normalized spacial score (nSPS) is 25.7. The van der Waals surface area contributed by atoms with Gasteiger partial charge in [-0.2, -0.15) is 0 Å². The monoisotopic (exact) mass is 1080 g/mol. The van der Waals surface area contributed by atoms with E-state index in [4.69, 9.17) is 28.0 Å². The fraction of sp³-hybridized carbons (Fsp3) is 0.938. The van der Waals surface area contributed by atoms with Gasteiger partial charge in [0.1, 0.15) is 54.8 Å². The van der Waals surface area contributed by atoms with E-state index in [0.29, 0.717) is 32.1 Å². The van der Waals surface area contributed by atoms with Gasteiger partial charge in [0.25, 0.3) is 0 Å². The number of carbonyl (C=O) groups excluding carboxylic acids is 3. The molecule has 2 rings (SSSR count). The standard InChI is InChI=1S/C48H92N2O20P2/c1-4-7-10-13-16-17-20-23-26-29-40(55)66-35(28-25-22-19-15-12-9-6-3)31-39(54)50-42-45(58)46(69-71(59,60)61)36(32-51)67-47(42)65-33-37-43(56)44(57)41(48(68-37)70-72(62,63)64)49-38(53)30-34(52)27-24-21-18-14-11-8-5-2/h34-37,41-48,51-52,56-58H,4-33H2,1-3H3,(H,49,53)(H,50,54)(H2,59,60,61)(H2,62,63,64)/t34-,35-,36-,37-,41+,42+,43-,44-,45-,46-,47-,48+/m1/s1. The van der Waals surface area contributed by atoms with E-state index in [9.17, 15) is 68.6 Å². The number of aliphatic hydroxyl groups excluding tert-OH is 5. The van der Waals surface area contributed by atoms with Crippen LogP contribution >= 0.6 is 15.6 Å². The predicted octanol–water partition coefficient (Wildman–Crippen LogP) is 5.34. The van der Waals surface area contributed by atoms with E-state index in [1.165, 1.54) is 25.7 Å². The largest absolute Gasteiger partial charge is 0.472 e. The Morgan fingerprint density at radius 2 is 1.00 bits per heavy atom. The van der Waals surface area contributed by atoms with Crippen molar-refractivity contribution in [2.75, 3.05) is 13.2 Å². The third-order valence-corrected chi connectivity index (χ3v) is 14.0. The molecule has 2 amide bonds. The van der Waals surface area contributed by atoms with Crippen molar-refractivity contribution in [3.8, 4) is 0 Å². The van der Waals surface area contributed by atoms with Gasteiger partial charge in [0, 0.05) is 6.42 Å². The second-order valence-corrected chi connectivity index (χ2v) is 21.9. The summed E-state index contributed by atoms with van der Waals surface area (Å²) in [6, 6.07) is -3.51. The highest BCUT2D eigenvalue weighted by molar-refractivity contribution is 7.46. The van der Waals surface area contributed by atoms with E-state index in [-0.39, 0.29) is 6.42 Å². The average Bonchev–Trinajstić information content (AvgIpc) is 3.30. The fourth-order valence-electron chi connectivity index (χ4n) is 9.00. The quantitative estimate of drug-likeness (QED) is 0.0209. The topological polar surface area (TPSA) is 347 Å². The van der Waals surface area contributed by atoms with Gasteiger partial charge in [0.05, 0.1) is 32.2 Å². The first-order chi connectivity index (χ1) is 34.2. The van der Waals surface area contributed by atoms with Gasteiger partial charge >= 0.3 is 21.6 Å². The van der Waals surface area contributed by atoms with Crippen molar-refractivity contribution in [2.24, 2.45) is 0 Å². The number of nitrogens with one attached hydrogen (secondary N) is 2. The number of rotatable bonds is 41. The molecular formula is C48H92N2O20P2. The Balaban J connectivity index is 2.23. The number of phosphoric ester groups is 2. The molecule has 0 saturated carbocycles. The van der Waals surface area contributed by atoms with Gasteiger partial charge in [-0.15, -0.1) is 0 Å². The predicted molar refractivity (Wildman–Crippen MR) is 264 cm³/mol. The van der Waals surface area contributed by atoms with Crippen molar-refractivity contribution in [2.45, 2.75) is 274 Å². The van der Waals surface area contributed by atoms with E-state index in [1.807, 2.05) is 0 Å². The van der Waals surface area contributed by atoms with Crippen LogP contribution in [0.4, 0.5) is 0 Å². The summed E-state index contributed by atoms with van der Waals surface area (Å²) in [7, 11) is -10.8. The molecule has 12 atom stereocenters. The second kappa shape index (κ2) is 37.1. The molecule has 0 radical (unpaired) electrons. The molecule has 22 nitrogen and oxygen atoms in total. The van der Waals surface area contributed by atoms with Crippen LogP contribution in [0.5, 0.6) is 0 Å². The first kappa shape index (κ1) is 66.4. The Kier molecular flexibility index (Phi) is 34.3. The van der Waals surface area contributed by atoms with Gasteiger partial charge in [-0.05, 0) is 25.7 Å². The number of ether oxygens (including phenoxy) is 4. The van der Waals surface area contributed by atoms with E-state index in [0.717, 1.165) is 103 Å². The lowest BCUT2D eigenvalue weighted by Crippen LogP contribution is -2.67. The minimum Gasteiger partial charge on any atom is -0.462 e. The molecule has 24 heteroatoms. The number of carbonyl (C=O) groups is 3. The molecular weight excluding hydrogens is 986 g/mol. The molecule has 0 aromatic heterocycles. The first-order valence-electron chi connectivity index (χ1n) is 26.7. The van der Waals surface area contributed by atoms with Gasteiger partial charge in [-0.25, -0.2) is 9.13 Å². The number of amides is 2. The Morgan fingerprint density at radius 1 is 0.556 bits per heavy atom. The molecule has 0 aromatic rings. The van der Waals surface area contributed by atoms with Crippen LogP contribution in [0, 0.1) is 0 Å². The molecule has 2 heterocycles. The number of phosphoric acid groups is 2. The van der Waals surface area contributed by atoms with Crippen LogP contribution in [0.15, 0.2) is 0 Å². The van der Waals surface area contributed by atoms with Gasteiger partial charge in [-0.3, -0.25) is 23.4 Å². The SMILES string of the molecule is CCCCCCCCCCCC(=O)O[C@H](CCCCCCCCC)CC(=O)N[C@@H]1[C@H](OC[C@H]2O[C@@H](OP(=O)(O)O)[C@@H](NC(=O)C[C@H](O)CCCCCCCCC)[C@@H](O)[C@@H]2O)O[C@H](CO)[C@@H](OP(=O)(O)O)[C@@H]1O. The summed E-state index contributed by atoms with van der Waals surface area (Å²) in [5.74, 6) is -2.12. The van der Waals surface area contributed by atoms with Crippen molar-refractivity contribution >= 4 is 33.4 Å². The number of esters is 1. The Bertz CT molecular complexity index is 1570. The first-order valence-corrected chi connectivity index (χ1v) is 29.8. The van der Waals surface area contributed by atoms with Gasteiger partial charge in [-0.1, -0.05) is 156 Å². The maximum atomic E-state index is 13.8. The van der Waals surface area contributed by atoms with Crippen molar-refractivity contribution in [1.29, 1.82) is 0 Å². The zero-order valence-electron chi connectivity index (χ0n) is 43.1. The molecule has 11 N–H and O–H groups in total. The Hall–Kier alpha value is -1.69. The molecule has 0 aliphatic carbocycles. The highest BCUT2D eigenvalue weighted by atomic mass is 31.2. The van der Waals surface area contributed by atoms with Crippen molar-refractivity contribution in [3.05, 3.63) is 0 Å². The second-order valence-electron chi connectivity index (χ2n) is 19.5. The van der Waals surface area contributed by atoms with Crippen LogP contribution in [-0.2, 0) is 51.5 Å². The number of unbranched alkanes of at least 4 members (excludes halogenated alkanes) is 20. The summed E-state index contributed by atoms with van der Waals surface area (Å²) >= 11 is 0. The van der Waals surface area contributed by atoms with Crippen LogP contribution in [0.1, 0.15) is 201 Å². The molecule has 0 spiro atoms. The molecule has 2 aliphatic rings. The number of hydrogen-bond donors (Lipinski definition) is 11. The zero-order valence-corrected chi connectivity index (χ0v) is 44.8. The third kappa shape index (κ3) is 28.4. The molecule has 0 bridgehead atoms. The smallest absolute Gasteiger partial charge is 0.462 e. The lowest BCUT2D eigenvalue weighted by atomic mass is 9.95. The average molecular weight is 1080 g/mol. The van der Waals surface area contributed by atoms with E-state index >= 15 is 0 Å². The highest BCUT2D eigenvalue weighted by Gasteiger charge is 2.52.